The normalized spacial score (nSPS) is 19.4. The molecule has 0 saturated carbocycles. The highest BCUT2D eigenvalue weighted by atomic mass is 35.5. The van der Waals surface area contributed by atoms with Crippen LogP contribution in [0.15, 0.2) is 6.20 Å². The van der Waals surface area contributed by atoms with Gasteiger partial charge in [-0.25, -0.2) is 4.98 Å². The Kier molecular flexibility index (Phi) is 3.52. The summed E-state index contributed by atoms with van der Waals surface area (Å²) in [6, 6.07) is 0. The summed E-state index contributed by atoms with van der Waals surface area (Å²) >= 11 is 11.7. The summed E-state index contributed by atoms with van der Waals surface area (Å²) in [5, 5.41) is 4.00. The van der Waals surface area contributed by atoms with E-state index in [0.29, 0.717) is 10.8 Å². The standard InChI is InChI=1S/C10H13Cl2N3O/c1-10(2-4-16-5-3-10)15-8-7(11)6-13-9(12)14-8/h6H,2-5H2,1H3,(H,13,14,15). The van der Waals surface area contributed by atoms with E-state index >= 15 is 0 Å². The van der Waals surface area contributed by atoms with Crippen LogP contribution in [0.5, 0.6) is 0 Å². The van der Waals surface area contributed by atoms with Gasteiger partial charge in [-0.2, -0.15) is 4.98 Å². The third kappa shape index (κ3) is 2.75. The van der Waals surface area contributed by atoms with Gasteiger partial charge in [0.05, 0.1) is 6.20 Å². The van der Waals surface area contributed by atoms with Crippen LogP contribution in [-0.2, 0) is 4.74 Å². The minimum absolute atomic E-state index is 0.0421. The first-order valence-electron chi connectivity index (χ1n) is 5.13. The summed E-state index contributed by atoms with van der Waals surface area (Å²) in [5.41, 5.74) is -0.0421. The molecule has 1 fully saturated rings. The van der Waals surface area contributed by atoms with E-state index in [4.69, 9.17) is 27.9 Å². The summed E-state index contributed by atoms with van der Waals surface area (Å²) in [6.07, 6.45) is 3.35. The lowest BCUT2D eigenvalue weighted by Gasteiger charge is -2.35. The fraction of sp³-hybridized carbons (Fsp3) is 0.600. The lowest BCUT2D eigenvalue weighted by molar-refractivity contribution is 0.0657. The van der Waals surface area contributed by atoms with E-state index in [1.807, 2.05) is 0 Å². The number of rotatable bonds is 2. The molecule has 0 radical (unpaired) electrons. The van der Waals surface area contributed by atoms with Crippen molar-refractivity contribution in [3.05, 3.63) is 16.5 Å². The Bertz CT molecular complexity index is 380. The van der Waals surface area contributed by atoms with Gasteiger partial charge in [-0.3, -0.25) is 0 Å². The molecule has 0 aromatic carbocycles. The first-order chi connectivity index (χ1) is 7.59. The van der Waals surface area contributed by atoms with Crippen LogP contribution in [0.25, 0.3) is 0 Å². The van der Waals surface area contributed by atoms with E-state index in [-0.39, 0.29) is 10.8 Å². The summed E-state index contributed by atoms with van der Waals surface area (Å²) < 4.78 is 5.32. The van der Waals surface area contributed by atoms with E-state index in [1.165, 1.54) is 6.20 Å². The van der Waals surface area contributed by atoms with Gasteiger partial charge in [-0.15, -0.1) is 0 Å². The van der Waals surface area contributed by atoms with Gasteiger partial charge in [-0.05, 0) is 31.4 Å². The van der Waals surface area contributed by atoms with Crippen LogP contribution < -0.4 is 5.32 Å². The predicted molar refractivity (Wildman–Crippen MR) is 64.1 cm³/mol. The fourth-order valence-electron chi connectivity index (χ4n) is 1.67. The lowest BCUT2D eigenvalue weighted by atomic mass is 9.92. The molecule has 0 aliphatic carbocycles. The second kappa shape index (κ2) is 4.73. The number of nitrogens with one attached hydrogen (secondary N) is 1. The minimum Gasteiger partial charge on any atom is -0.381 e. The van der Waals surface area contributed by atoms with Crippen molar-refractivity contribution in [3.8, 4) is 0 Å². The Morgan fingerprint density at radius 2 is 2.06 bits per heavy atom. The molecule has 0 unspecified atom stereocenters. The molecule has 6 heteroatoms. The molecule has 4 nitrogen and oxygen atoms in total. The first-order valence-corrected chi connectivity index (χ1v) is 5.89. The number of halogens is 2. The zero-order valence-corrected chi connectivity index (χ0v) is 10.5. The van der Waals surface area contributed by atoms with Crippen LogP contribution in [0.4, 0.5) is 5.82 Å². The molecule has 0 amide bonds. The molecular formula is C10H13Cl2N3O. The Morgan fingerprint density at radius 3 is 2.75 bits per heavy atom. The van der Waals surface area contributed by atoms with Crippen molar-refractivity contribution in [2.75, 3.05) is 18.5 Å². The van der Waals surface area contributed by atoms with Gasteiger partial charge in [0.15, 0.2) is 0 Å². The molecule has 1 saturated heterocycles. The zero-order chi connectivity index (χ0) is 11.6. The smallest absolute Gasteiger partial charge is 0.224 e. The molecule has 1 aromatic rings. The van der Waals surface area contributed by atoms with Gasteiger partial charge in [0.25, 0.3) is 0 Å². The number of nitrogens with zero attached hydrogens (tertiary/aromatic N) is 2. The molecule has 0 atom stereocenters. The maximum Gasteiger partial charge on any atom is 0.224 e. The summed E-state index contributed by atoms with van der Waals surface area (Å²) in [6.45, 7) is 3.63. The Labute approximate surface area is 104 Å². The molecule has 88 valence electrons. The van der Waals surface area contributed by atoms with E-state index in [0.717, 1.165) is 26.1 Å². The summed E-state index contributed by atoms with van der Waals surface area (Å²) in [4.78, 5) is 7.90. The molecule has 1 N–H and O–H groups in total. The van der Waals surface area contributed by atoms with Crippen LogP contribution in [0.2, 0.25) is 10.3 Å². The lowest BCUT2D eigenvalue weighted by Crippen LogP contribution is -2.41. The van der Waals surface area contributed by atoms with Crippen LogP contribution in [0, 0.1) is 0 Å². The highest BCUT2D eigenvalue weighted by Gasteiger charge is 2.28. The molecule has 0 spiro atoms. The minimum atomic E-state index is -0.0421. The van der Waals surface area contributed by atoms with Crippen molar-refractivity contribution in [1.29, 1.82) is 0 Å². The average molecular weight is 262 g/mol. The molecular weight excluding hydrogens is 249 g/mol. The van der Waals surface area contributed by atoms with Crippen LogP contribution in [0.3, 0.4) is 0 Å². The number of anilines is 1. The van der Waals surface area contributed by atoms with Gasteiger partial charge < -0.3 is 10.1 Å². The van der Waals surface area contributed by atoms with Gasteiger partial charge in [-0.1, -0.05) is 11.6 Å². The second-order valence-corrected chi connectivity index (χ2v) is 4.88. The van der Waals surface area contributed by atoms with Crippen molar-refractivity contribution in [2.24, 2.45) is 0 Å². The topological polar surface area (TPSA) is 47.0 Å². The van der Waals surface area contributed by atoms with E-state index < -0.39 is 0 Å². The average Bonchev–Trinajstić information content (AvgIpc) is 2.24. The van der Waals surface area contributed by atoms with Crippen molar-refractivity contribution >= 4 is 29.0 Å². The van der Waals surface area contributed by atoms with Crippen molar-refractivity contribution in [2.45, 2.75) is 25.3 Å². The van der Waals surface area contributed by atoms with Gasteiger partial charge in [0, 0.05) is 18.8 Å². The third-order valence-corrected chi connectivity index (χ3v) is 3.19. The van der Waals surface area contributed by atoms with Gasteiger partial charge in [0.1, 0.15) is 10.8 Å². The van der Waals surface area contributed by atoms with E-state index in [9.17, 15) is 0 Å². The summed E-state index contributed by atoms with van der Waals surface area (Å²) in [7, 11) is 0. The Hall–Kier alpha value is -0.580. The zero-order valence-electron chi connectivity index (χ0n) is 8.96. The molecule has 0 bridgehead atoms. The fourth-order valence-corrected chi connectivity index (χ4v) is 1.94. The Morgan fingerprint density at radius 1 is 1.38 bits per heavy atom. The summed E-state index contributed by atoms with van der Waals surface area (Å²) in [5.74, 6) is 0.589. The highest BCUT2D eigenvalue weighted by Crippen LogP contribution is 2.28. The van der Waals surface area contributed by atoms with Crippen LogP contribution in [-0.4, -0.2) is 28.7 Å². The second-order valence-electron chi connectivity index (χ2n) is 4.13. The molecule has 16 heavy (non-hydrogen) atoms. The van der Waals surface area contributed by atoms with Crippen LogP contribution in [0.1, 0.15) is 19.8 Å². The molecule has 1 aliphatic heterocycles. The SMILES string of the molecule is CC1(Nc2nc(Cl)ncc2Cl)CCOCC1. The molecule has 1 aromatic heterocycles. The number of ether oxygens (including phenoxy) is 1. The monoisotopic (exact) mass is 261 g/mol. The largest absolute Gasteiger partial charge is 0.381 e. The maximum atomic E-state index is 6.00. The molecule has 1 aliphatic rings. The number of hydrogen-bond acceptors (Lipinski definition) is 4. The highest BCUT2D eigenvalue weighted by molar-refractivity contribution is 6.33. The van der Waals surface area contributed by atoms with Crippen LogP contribution >= 0.6 is 23.2 Å². The Balaban J connectivity index is 2.15. The predicted octanol–water partition coefficient (Wildman–Crippen LogP) is 2.76. The molecule has 2 heterocycles. The quantitative estimate of drug-likeness (QED) is 0.832. The first kappa shape index (κ1) is 11.9. The number of hydrogen-bond donors (Lipinski definition) is 1. The van der Waals surface area contributed by atoms with Gasteiger partial charge >= 0.3 is 0 Å². The van der Waals surface area contributed by atoms with Crippen molar-refractivity contribution < 1.29 is 4.74 Å². The van der Waals surface area contributed by atoms with Crippen molar-refractivity contribution in [1.82, 2.24) is 9.97 Å². The van der Waals surface area contributed by atoms with Crippen molar-refractivity contribution in [3.63, 3.8) is 0 Å². The maximum absolute atomic E-state index is 6.00. The number of aromatic nitrogens is 2. The molecule has 2 rings (SSSR count). The van der Waals surface area contributed by atoms with E-state index in [1.54, 1.807) is 0 Å². The van der Waals surface area contributed by atoms with E-state index in [2.05, 4.69) is 22.2 Å². The third-order valence-electron chi connectivity index (χ3n) is 2.73. The van der Waals surface area contributed by atoms with Gasteiger partial charge in [0.2, 0.25) is 5.28 Å².